The number of methoxy groups -OCH3 is 1. The molecule has 1 atom stereocenters. The van der Waals surface area contributed by atoms with Gasteiger partial charge in [0, 0.05) is 24.1 Å². The molecule has 0 radical (unpaired) electrons. The topological polar surface area (TPSA) is 64.4 Å². The van der Waals surface area contributed by atoms with Crippen LogP contribution in [0.15, 0.2) is 36.7 Å². The average Bonchev–Trinajstić information content (AvgIpc) is 3.18. The Morgan fingerprint density at radius 1 is 1.33 bits per heavy atom. The summed E-state index contributed by atoms with van der Waals surface area (Å²) >= 11 is 0. The minimum Gasteiger partial charge on any atom is -0.497 e. The van der Waals surface area contributed by atoms with E-state index < -0.39 is 9.84 Å². The summed E-state index contributed by atoms with van der Waals surface area (Å²) in [5.41, 5.74) is 1.01. The van der Waals surface area contributed by atoms with Crippen molar-refractivity contribution in [2.24, 2.45) is 0 Å². The Morgan fingerprint density at radius 2 is 2.08 bits per heavy atom. The van der Waals surface area contributed by atoms with Gasteiger partial charge in [0.25, 0.3) is 0 Å². The smallest absolute Gasteiger partial charge is 0.151 e. The number of nitrogens with zero attached hydrogens (tertiary/aromatic N) is 3. The third-order valence-corrected chi connectivity index (χ3v) is 6.29. The summed E-state index contributed by atoms with van der Waals surface area (Å²) in [4.78, 5) is 6.67. The Morgan fingerprint density at radius 3 is 2.67 bits per heavy atom. The van der Waals surface area contributed by atoms with E-state index in [-0.39, 0.29) is 11.8 Å². The fourth-order valence-electron chi connectivity index (χ4n) is 3.17. The summed E-state index contributed by atoms with van der Waals surface area (Å²) in [5, 5.41) is 0. The van der Waals surface area contributed by atoms with Crippen molar-refractivity contribution in [2.45, 2.75) is 25.9 Å². The van der Waals surface area contributed by atoms with E-state index in [9.17, 15) is 8.42 Å². The van der Waals surface area contributed by atoms with Gasteiger partial charge in [-0.2, -0.15) is 0 Å². The zero-order valence-corrected chi connectivity index (χ0v) is 14.9. The van der Waals surface area contributed by atoms with Crippen LogP contribution in [0.2, 0.25) is 0 Å². The quantitative estimate of drug-likeness (QED) is 0.797. The highest BCUT2D eigenvalue weighted by atomic mass is 32.2. The van der Waals surface area contributed by atoms with E-state index in [1.165, 1.54) is 0 Å². The number of rotatable bonds is 6. The van der Waals surface area contributed by atoms with Crippen LogP contribution in [0, 0.1) is 0 Å². The molecule has 0 spiro atoms. The molecule has 0 aliphatic carbocycles. The van der Waals surface area contributed by atoms with Crippen LogP contribution >= 0.6 is 0 Å². The highest BCUT2D eigenvalue weighted by Gasteiger charge is 2.32. The van der Waals surface area contributed by atoms with Crippen molar-refractivity contribution in [3.05, 3.63) is 42.5 Å². The molecule has 24 heavy (non-hydrogen) atoms. The first-order chi connectivity index (χ1) is 11.5. The number of sulfone groups is 1. The van der Waals surface area contributed by atoms with Gasteiger partial charge in [-0.25, -0.2) is 13.4 Å². The van der Waals surface area contributed by atoms with E-state index >= 15 is 0 Å². The number of benzene rings is 1. The van der Waals surface area contributed by atoms with Crippen LogP contribution in [0.4, 0.5) is 0 Å². The van der Waals surface area contributed by atoms with Gasteiger partial charge in [0.2, 0.25) is 0 Å². The first-order valence-corrected chi connectivity index (χ1v) is 9.95. The van der Waals surface area contributed by atoms with Crippen molar-refractivity contribution >= 4 is 9.84 Å². The average molecular weight is 349 g/mol. The van der Waals surface area contributed by atoms with E-state index in [4.69, 9.17) is 4.74 Å². The van der Waals surface area contributed by atoms with Crippen molar-refractivity contribution in [1.29, 1.82) is 0 Å². The highest BCUT2D eigenvalue weighted by molar-refractivity contribution is 7.91. The van der Waals surface area contributed by atoms with Gasteiger partial charge in [-0.3, -0.25) is 4.90 Å². The van der Waals surface area contributed by atoms with Crippen LogP contribution in [-0.2, 0) is 16.4 Å². The monoisotopic (exact) mass is 349 g/mol. The molecule has 130 valence electrons. The zero-order valence-electron chi connectivity index (χ0n) is 14.1. The number of hydrogen-bond acceptors (Lipinski definition) is 5. The van der Waals surface area contributed by atoms with Crippen LogP contribution in [0.25, 0.3) is 5.69 Å². The lowest BCUT2D eigenvalue weighted by Crippen LogP contribution is -2.36. The molecule has 1 aliphatic heterocycles. The molecule has 0 bridgehead atoms. The molecular formula is C17H23N3O3S. The standard InChI is InChI=1S/C17H23N3O3S/c1-3-19(15-8-11-24(21,22)13-15)12-17-18-9-10-20(17)14-4-6-16(23-2)7-5-14/h4-7,9-10,15H,3,8,11-13H2,1-2H3. The lowest BCUT2D eigenvalue weighted by atomic mass is 10.2. The summed E-state index contributed by atoms with van der Waals surface area (Å²) in [6, 6.07) is 7.89. The fraction of sp³-hybridized carbons (Fsp3) is 0.471. The number of imidazole rings is 1. The van der Waals surface area contributed by atoms with Crippen LogP contribution in [0.5, 0.6) is 5.75 Å². The second-order valence-corrected chi connectivity index (χ2v) is 8.26. The van der Waals surface area contributed by atoms with E-state index in [1.807, 2.05) is 35.0 Å². The molecule has 0 N–H and O–H groups in total. The van der Waals surface area contributed by atoms with E-state index in [0.29, 0.717) is 18.7 Å². The number of hydrogen-bond donors (Lipinski definition) is 0. The first-order valence-electron chi connectivity index (χ1n) is 8.13. The molecule has 6 nitrogen and oxygen atoms in total. The molecule has 1 unspecified atom stereocenters. The SMILES string of the molecule is CCN(Cc1nccn1-c1ccc(OC)cc1)C1CCS(=O)(=O)C1. The Labute approximate surface area is 143 Å². The summed E-state index contributed by atoms with van der Waals surface area (Å²) in [7, 11) is -1.24. The van der Waals surface area contributed by atoms with Crippen molar-refractivity contribution in [1.82, 2.24) is 14.5 Å². The molecule has 3 rings (SSSR count). The van der Waals surface area contributed by atoms with E-state index in [0.717, 1.165) is 23.8 Å². The summed E-state index contributed by atoms with van der Waals surface area (Å²) in [6.45, 7) is 3.50. The van der Waals surface area contributed by atoms with Gasteiger partial charge in [-0.15, -0.1) is 0 Å². The van der Waals surface area contributed by atoms with Crippen LogP contribution in [-0.4, -0.2) is 54.1 Å². The number of aromatic nitrogens is 2. The maximum Gasteiger partial charge on any atom is 0.151 e. The molecule has 0 saturated carbocycles. The van der Waals surface area contributed by atoms with Crippen molar-refractivity contribution in [2.75, 3.05) is 25.2 Å². The molecule has 1 saturated heterocycles. The predicted molar refractivity (Wildman–Crippen MR) is 93.3 cm³/mol. The largest absolute Gasteiger partial charge is 0.497 e. The van der Waals surface area contributed by atoms with Crippen LogP contribution in [0.3, 0.4) is 0 Å². The molecule has 1 aliphatic rings. The Bertz CT molecular complexity index is 784. The van der Waals surface area contributed by atoms with Crippen LogP contribution in [0.1, 0.15) is 19.2 Å². The second-order valence-electron chi connectivity index (χ2n) is 6.03. The maximum absolute atomic E-state index is 11.8. The minimum absolute atomic E-state index is 0.0843. The van der Waals surface area contributed by atoms with Gasteiger partial charge in [0.05, 0.1) is 25.2 Å². The van der Waals surface area contributed by atoms with Crippen molar-refractivity contribution in [3.63, 3.8) is 0 Å². The van der Waals surface area contributed by atoms with E-state index in [1.54, 1.807) is 13.3 Å². The normalized spacial score (nSPS) is 19.7. The molecule has 2 aromatic rings. The lowest BCUT2D eigenvalue weighted by Gasteiger charge is -2.26. The maximum atomic E-state index is 11.8. The van der Waals surface area contributed by atoms with Crippen LogP contribution < -0.4 is 4.74 Å². The third-order valence-electron chi connectivity index (χ3n) is 4.54. The molecule has 1 aromatic carbocycles. The van der Waals surface area contributed by atoms with Gasteiger partial charge < -0.3 is 9.30 Å². The Kier molecular flexibility index (Phi) is 4.91. The number of ether oxygens (including phenoxy) is 1. The lowest BCUT2D eigenvalue weighted by molar-refractivity contribution is 0.208. The summed E-state index contributed by atoms with van der Waals surface area (Å²) in [5.74, 6) is 2.27. The predicted octanol–water partition coefficient (Wildman–Crippen LogP) is 1.89. The van der Waals surface area contributed by atoms with Gasteiger partial charge in [0.1, 0.15) is 11.6 Å². The molecule has 7 heteroatoms. The molecule has 1 fully saturated rings. The fourth-order valence-corrected chi connectivity index (χ4v) is 4.93. The third kappa shape index (κ3) is 3.62. The minimum atomic E-state index is -2.88. The molecule has 2 heterocycles. The Hall–Kier alpha value is -1.86. The molecule has 0 amide bonds. The first kappa shape index (κ1) is 17.0. The van der Waals surface area contributed by atoms with Gasteiger partial charge in [-0.1, -0.05) is 6.92 Å². The zero-order chi connectivity index (χ0) is 17.2. The second kappa shape index (κ2) is 6.94. The van der Waals surface area contributed by atoms with Crippen molar-refractivity contribution < 1.29 is 13.2 Å². The summed E-state index contributed by atoms with van der Waals surface area (Å²) in [6.07, 6.45) is 4.41. The summed E-state index contributed by atoms with van der Waals surface area (Å²) < 4.78 is 30.7. The molecule has 1 aromatic heterocycles. The van der Waals surface area contributed by atoms with Gasteiger partial charge in [-0.05, 0) is 37.2 Å². The van der Waals surface area contributed by atoms with Gasteiger partial charge >= 0.3 is 0 Å². The van der Waals surface area contributed by atoms with Crippen molar-refractivity contribution in [3.8, 4) is 11.4 Å². The van der Waals surface area contributed by atoms with Gasteiger partial charge in [0.15, 0.2) is 9.84 Å². The molecular weight excluding hydrogens is 326 g/mol. The Balaban J connectivity index is 1.79. The highest BCUT2D eigenvalue weighted by Crippen LogP contribution is 2.21. The van der Waals surface area contributed by atoms with E-state index in [2.05, 4.69) is 16.8 Å².